The Morgan fingerprint density at radius 3 is 2.63 bits per heavy atom. The first-order valence-electron chi connectivity index (χ1n) is 11.7. The van der Waals surface area contributed by atoms with E-state index in [2.05, 4.69) is 4.98 Å². The first-order valence-corrected chi connectivity index (χ1v) is 11.7. The van der Waals surface area contributed by atoms with Gasteiger partial charge in [-0.15, -0.1) is 0 Å². The molecule has 1 amide bonds. The summed E-state index contributed by atoms with van der Waals surface area (Å²) in [4.78, 5) is 38.7. The number of carbonyl (C=O) groups excluding carboxylic acids is 1. The molecule has 8 nitrogen and oxygen atoms in total. The van der Waals surface area contributed by atoms with Crippen molar-refractivity contribution in [3.05, 3.63) is 70.2 Å². The lowest BCUT2D eigenvalue weighted by Gasteiger charge is -2.36. The van der Waals surface area contributed by atoms with Gasteiger partial charge in [0.2, 0.25) is 11.9 Å². The lowest BCUT2D eigenvalue weighted by Crippen LogP contribution is -2.40. The summed E-state index contributed by atoms with van der Waals surface area (Å²) in [6, 6.07) is 8.61. The van der Waals surface area contributed by atoms with Crippen molar-refractivity contribution in [2.24, 2.45) is 0 Å². The normalized spacial score (nSPS) is 15.8. The van der Waals surface area contributed by atoms with Crippen molar-refractivity contribution in [1.29, 1.82) is 0 Å². The van der Waals surface area contributed by atoms with Crippen LogP contribution in [-0.4, -0.2) is 51.1 Å². The van der Waals surface area contributed by atoms with E-state index in [1.165, 1.54) is 22.8 Å². The van der Waals surface area contributed by atoms with Crippen molar-refractivity contribution in [2.45, 2.75) is 45.2 Å². The summed E-state index contributed by atoms with van der Waals surface area (Å²) in [5.41, 5.74) is 2.56. The SMILES string of the molecule is Cc1cc(O)cc(=O)n1CCC(=O)N1CCCCC1c1nc(N(C)C)ncc1-c1ccc(F)cc1. The van der Waals surface area contributed by atoms with Crippen LogP contribution in [-0.2, 0) is 11.3 Å². The summed E-state index contributed by atoms with van der Waals surface area (Å²) in [6.07, 6.45) is 4.48. The van der Waals surface area contributed by atoms with Gasteiger partial charge in [-0.1, -0.05) is 12.1 Å². The molecule has 1 fully saturated rings. The maximum absolute atomic E-state index is 13.6. The molecule has 1 aliphatic heterocycles. The molecule has 0 aliphatic carbocycles. The fraction of sp³-hybridized carbons (Fsp3) is 0.385. The molecule has 1 aliphatic rings. The monoisotopic (exact) mass is 479 g/mol. The number of hydrogen-bond donors (Lipinski definition) is 1. The Morgan fingerprint density at radius 2 is 1.94 bits per heavy atom. The van der Waals surface area contributed by atoms with Crippen LogP contribution in [0, 0.1) is 12.7 Å². The molecule has 0 radical (unpaired) electrons. The molecule has 2 aromatic heterocycles. The van der Waals surface area contributed by atoms with Crippen LogP contribution in [0.15, 0.2) is 47.4 Å². The summed E-state index contributed by atoms with van der Waals surface area (Å²) >= 11 is 0. The fourth-order valence-electron chi connectivity index (χ4n) is 4.57. The van der Waals surface area contributed by atoms with Crippen LogP contribution in [0.2, 0.25) is 0 Å². The predicted octanol–water partition coefficient (Wildman–Crippen LogP) is 3.67. The van der Waals surface area contributed by atoms with E-state index in [-0.39, 0.29) is 42.0 Å². The topological polar surface area (TPSA) is 91.6 Å². The third kappa shape index (κ3) is 5.34. The number of amides is 1. The molecule has 4 rings (SSSR count). The minimum atomic E-state index is -0.337. The fourth-order valence-corrected chi connectivity index (χ4v) is 4.57. The van der Waals surface area contributed by atoms with Crippen molar-refractivity contribution in [3.8, 4) is 16.9 Å². The van der Waals surface area contributed by atoms with Crippen LogP contribution >= 0.6 is 0 Å². The van der Waals surface area contributed by atoms with E-state index < -0.39 is 0 Å². The van der Waals surface area contributed by atoms with E-state index in [1.807, 2.05) is 23.9 Å². The molecule has 35 heavy (non-hydrogen) atoms. The molecule has 1 N–H and O–H groups in total. The number of aromatic hydroxyl groups is 1. The van der Waals surface area contributed by atoms with Crippen molar-refractivity contribution in [2.75, 3.05) is 25.5 Å². The van der Waals surface area contributed by atoms with Crippen molar-refractivity contribution in [1.82, 2.24) is 19.4 Å². The maximum atomic E-state index is 13.6. The smallest absolute Gasteiger partial charge is 0.254 e. The molecule has 9 heteroatoms. The zero-order valence-electron chi connectivity index (χ0n) is 20.2. The Balaban J connectivity index is 1.66. The summed E-state index contributed by atoms with van der Waals surface area (Å²) in [5.74, 6) is 0.0644. The second-order valence-electron chi connectivity index (χ2n) is 9.06. The Labute approximate surface area is 203 Å². The molecule has 1 saturated heterocycles. The average molecular weight is 480 g/mol. The van der Waals surface area contributed by atoms with Crippen LogP contribution in [0.5, 0.6) is 5.75 Å². The minimum Gasteiger partial charge on any atom is -0.508 e. The molecule has 0 saturated carbocycles. The standard InChI is InChI=1S/C26H30FN5O3/c1-17-14-20(33)15-24(35)31(17)13-11-23(34)32-12-5-4-6-22(32)25-21(16-28-26(29-25)30(2)3)18-7-9-19(27)10-8-18/h7-10,14-16,22,33H,4-6,11-13H2,1-3H3. The third-order valence-electron chi connectivity index (χ3n) is 6.37. The quantitative estimate of drug-likeness (QED) is 0.580. The highest BCUT2D eigenvalue weighted by Gasteiger charge is 2.31. The number of piperidine rings is 1. The Bertz CT molecular complexity index is 1270. The van der Waals surface area contributed by atoms with E-state index >= 15 is 0 Å². The second kappa shape index (κ2) is 10.2. The molecule has 0 spiro atoms. The van der Waals surface area contributed by atoms with Gasteiger partial charge in [0.25, 0.3) is 5.56 Å². The molecule has 1 unspecified atom stereocenters. The molecule has 3 aromatic rings. The molecule has 1 atom stereocenters. The number of hydrogen-bond acceptors (Lipinski definition) is 6. The Hall–Kier alpha value is -3.75. The molecular formula is C26H30FN5O3. The lowest BCUT2D eigenvalue weighted by molar-refractivity contribution is -0.135. The van der Waals surface area contributed by atoms with Crippen LogP contribution in [0.1, 0.15) is 43.1 Å². The first-order chi connectivity index (χ1) is 16.7. The zero-order valence-corrected chi connectivity index (χ0v) is 20.2. The van der Waals surface area contributed by atoms with Crippen molar-refractivity contribution >= 4 is 11.9 Å². The minimum absolute atomic E-state index is 0.0656. The molecular weight excluding hydrogens is 449 g/mol. The number of aromatic nitrogens is 3. The predicted molar refractivity (Wildman–Crippen MR) is 132 cm³/mol. The molecule has 184 valence electrons. The van der Waals surface area contributed by atoms with Gasteiger partial charge in [-0.2, -0.15) is 0 Å². The highest BCUT2D eigenvalue weighted by Crippen LogP contribution is 2.36. The summed E-state index contributed by atoms with van der Waals surface area (Å²) < 4.78 is 15.1. The molecule has 0 bridgehead atoms. The van der Waals surface area contributed by atoms with Gasteiger partial charge in [0.05, 0.1) is 11.7 Å². The summed E-state index contributed by atoms with van der Waals surface area (Å²) in [5, 5.41) is 9.63. The molecule has 3 heterocycles. The lowest BCUT2D eigenvalue weighted by atomic mass is 9.93. The molecule has 1 aromatic carbocycles. The zero-order chi connectivity index (χ0) is 25.1. The second-order valence-corrected chi connectivity index (χ2v) is 9.06. The number of nitrogens with zero attached hydrogens (tertiary/aromatic N) is 5. The van der Waals surface area contributed by atoms with E-state index in [1.54, 1.807) is 25.3 Å². The average Bonchev–Trinajstić information content (AvgIpc) is 2.83. The Morgan fingerprint density at radius 1 is 1.20 bits per heavy atom. The van der Waals surface area contributed by atoms with Crippen LogP contribution in [0.25, 0.3) is 11.1 Å². The van der Waals surface area contributed by atoms with E-state index in [4.69, 9.17) is 4.98 Å². The summed E-state index contributed by atoms with van der Waals surface area (Å²) in [7, 11) is 3.72. The third-order valence-corrected chi connectivity index (χ3v) is 6.37. The highest BCUT2D eigenvalue weighted by atomic mass is 19.1. The van der Waals surface area contributed by atoms with Gasteiger partial charge in [0.1, 0.15) is 11.6 Å². The van der Waals surface area contributed by atoms with Gasteiger partial charge in [0.15, 0.2) is 0 Å². The number of likely N-dealkylation sites (tertiary alicyclic amines) is 1. The Kier molecular flexibility index (Phi) is 7.14. The summed E-state index contributed by atoms with van der Waals surface area (Å²) in [6.45, 7) is 2.55. The van der Waals surface area contributed by atoms with Gasteiger partial charge in [-0.05, 0) is 49.9 Å². The van der Waals surface area contributed by atoms with E-state index in [0.717, 1.165) is 42.1 Å². The first kappa shape index (κ1) is 24.4. The maximum Gasteiger partial charge on any atom is 0.254 e. The number of benzene rings is 1. The van der Waals surface area contributed by atoms with Gasteiger partial charge in [-0.3, -0.25) is 9.59 Å². The van der Waals surface area contributed by atoms with E-state index in [0.29, 0.717) is 18.2 Å². The number of aryl methyl sites for hydroxylation is 1. The van der Waals surface area contributed by atoms with Crippen LogP contribution in [0.3, 0.4) is 0 Å². The number of halogens is 1. The largest absolute Gasteiger partial charge is 0.508 e. The number of pyridine rings is 1. The van der Waals surface area contributed by atoms with Crippen molar-refractivity contribution < 1.29 is 14.3 Å². The number of rotatable bonds is 6. The van der Waals surface area contributed by atoms with E-state index in [9.17, 15) is 19.1 Å². The number of carbonyl (C=O) groups is 1. The van der Waals surface area contributed by atoms with Gasteiger partial charge in [0, 0.05) is 57.1 Å². The van der Waals surface area contributed by atoms with Gasteiger partial charge < -0.3 is 19.5 Å². The van der Waals surface area contributed by atoms with Gasteiger partial charge >= 0.3 is 0 Å². The van der Waals surface area contributed by atoms with Gasteiger partial charge in [-0.25, -0.2) is 14.4 Å². The highest BCUT2D eigenvalue weighted by molar-refractivity contribution is 5.77. The number of anilines is 1. The van der Waals surface area contributed by atoms with Crippen LogP contribution < -0.4 is 10.5 Å². The van der Waals surface area contributed by atoms with Crippen LogP contribution in [0.4, 0.5) is 10.3 Å². The van der Waals surface area contributed by atoms with Crippen molar-refractivity contribution in [3.63, 3.8) is 0 Å².